The van der Waals surface area contributed by atoms with Gasteiger partial charge in [-0.2, -0.15) is 0 Å². The Labute approximate surface area is 192 Å². The normalized spacial score (nSPS) is 27.5. The van der Waals surface area contributed by atoms with Crippen molar-refractivity contribution in [3.05, 3.63) is 77.5 Å². The van der Waals surface area contributed by atoms with Gasteiger partial charge in [0.25, 0.3) is 0 Å². The molecule has 0 aliphatic carbocycles. The molecule has 3 aliphatic rings. The van der Waals surface area contributed by atoms with Crippen molar-refractivity contribution in [2.24, 2.45) is 11.8 Å². The van der Waals surface area contributed by atoms with Crippen LogP contribution in [0.1, 0.15) is 16.7 Å². The summed E-state index contributed by atoms with van der Waals surface area (Å²) in [4.78, 5) is 32.0. The molecule has 1 aromatic heterocycles. The zero-order valence-corrected chi connectivity index (χ0v) is 18.8. The van der Waals surface area contributed by atoms with E-state index < -0.39 is 17.4 Å². The maximum absolute atomic E-state index is 13.5. The third-order valence-corrected chi connectivity index (χ3v) is 7.46. The minimum absolute atomic E-state index is 0.0165. The number of anilines is 1. The number of benzene rings is 2. The molecule has 33 heavy (non-hydrogen) atoms. The molecule has 168 valence electrons. The summed E-state index contributed by atoms with van der Waals surface area (Å²) in [5, 5.41) is 4.25. The Morgan fingerprint density at radius 2 is 2.09 bits per heavy atom. The van der Waals surface area contributed by atoms with Gasteiger partial charge in [-0.1, -0.05) is 42.5 Å². The highest BCUT2D eigenvalue weighted by molar-refractivity contribution is 5.99. The van der Waals surface area contributed by atoms with Crippen molar-refractivity contribution in [1.82, 2.24) is 9.88 Å². The average Bonchev–Trinajstić information content (AvgIpc) is 3.54. The predicted molar refractivity (Wildman–Crippen MR) is 127 cm³/mol. The van der Waals surface area contributed by atoms with Gasteiger partial charge in [0.15, 0.2) is 0 Å². The maximum Gasteiger partial charge on any atom is 0.231 e. The second-order valence-corrected chi connectivity index (χ2v) is 9.58. The Morgan fingerprint density at radius 1 is 1.24 bits per heavy atom. The van der Waals surface area contributed by atoms with Crippen LogP contribution in [0.3, 0.4) is 0 Å². The van der Waals surface area contributed by atoms with Gasteiger partial charge in [0.05, 0.1) is 24.5 Å². The molecule has 4 unspecified atom stereocenters. The number of fused-ring (bicyclic) bond motifs is 2. The van der Waals surface area contributed by atoms with Gasteiger partial charge < -0.3 is 19.9 Å². The molecule has 0 radical (unpaired) electrons. The first kappa shape index (κ1) is 20.2. The second-order valence-electron chi connectivity index (χ2n) is 9.58. The second kappa shape index (κ2) is 7.32. The van der Waals surface area contributed by atoms with Gasteiger partial charge in [0.1, 0.15) is 5.60 Å². The van der Waals surface area contributed by atoms with Crippen molar-refractivity contribution in [1.29, 1.82) is 0 Å². The van der Waals surface area contributed by atoms with Crippen LogP contribution in [0, 0.1) is 25.7 Å². The Morgan fingerprint density at radius 3 is 2.97 bits per heavy atom. The van der Waals surface area contributed by atoms with Crippen LogP contribution in [0.25, 0.3) is 10.9 Å². The Balaban J connectivity index is 1.21. The summed E-state index contributed by atoms with van der Waals surface area (Å²) in [5.74, 6) is -1.11. The Kier molecular flexibility index (Phi) is 4.49. The summed E-state index contributed by atoms with van der Waals surface area (Å²) < 4.78 is 6.28. The van der Waals surface area contributed by atoms with Gasteiger partial charge in [-0.25, -0.2) is 0 Å². The number of nitrogens with one attached hydrogen (secondary N) is 2. The number of rotatable bonds is 5. The van der Waals surface area contributed by atoms with Crippen molar-refractivity contribution < 1.29 is 14.3 Å². The zero-order valence-electron chi connectivity index (χ0n) is 18.8. The summed E-state index contributed by atoms with van der Waals surface area (Å²) in [5.41, 5.74) is 4.48. The molecule has 2 fully saturated rings. The van der Waals surface area contributed by atoms with E-state index >= 15 is 0 Å². The van der Waals surface area contributed by atoms with E-state index in [1.807, 2.05) is 67.4 Å². The largest absolute Gasteiger partial charge is 0.361 e. The molecular weight excluding hydrogens is 414 g/mol. The fraction of sp³-hybridized carbons (Fsp3) is 0.333. The summed E-state index contributed by atoms with van der Waals surface area (Å²) in [6.07, 6.45) is 6.39. The van der Waals surface area contributed by atoms with Crippen molar-refractivity contribution in [3.8, 4) is 0 Å². The number of hydrogen-bond donors (Lipinski definition) is 2. The summed E-state index contributed by atoms with van der Waals surface area (Å²) in [6.45, 7) is 5.08. The van der Waals surface area contributed by atoms with E-state index in [1.54, 1.807) is 0 Å². The van der Waals surface area contributed by atoms with Crippen LogP contribution in [0.4, 0.5) is 5.69 Å². The van der Waals surface area contributed by atoms with Gasteiger partial charge in [0.2, 0.25) is 11.8 Å². The topological polar surface area (TPSA) is 74.4 Å². The lowest BCUT2D eigenvalue weighted by Crippen LogP contribution is -2.41. The fourth-order valence-electron chi connectivity index (χ4n) is 5.75. The molecule has 6 heteroatoms. The average molecular weight is 442 g/mol. The molecule has 3 aromatic rings. The van der Waals surface area contributed by atoms with Crippen LogP contribution in [0.15, 0.2) is 60.8 Å². The molecule has 2 aromatic carbocycles. The third kappa shape index (κ3) is 3.12. The number of para-hydroxylation sites is 1. The quantitative estimate of drug-likeness (QED) is 0.593. The van der Waals surface area contributed by atoms with Crippen LogP contribution in [-0.2, 0) is 20.7 Å². The van der Waals surface area contributed by atoms with E-state index in [-0.39, 0.29) is 17.9 Å². The molecule has 4 heterocycles. The van der Waals surface area contributed by atoms with Crippen LogP contribution < -0.4 is 5.32 Å². The SMILES string of the molecule is Cc1ccc(C)c(NC(=O)C2C3C=CC4(CN(CCc5c[nH]c6ccccc56)C(=O)C24)O3)c1. The Bertz CT molecular complexity index is 1310. The smallest absolute Gasteiger partial charge is 0.231 e. The Hall–Kier alpha value is -3.38. The van der Waals surface area contributed by atoms with Crippen LogP contribution in [-0.4, -0.2) is 46.5 Å². The third-order valence-electron chi connectivity index (χ3n) is 7.46. The van der Waals surface area contributed by atoms with E-state index in [1.165, 1.54) is 10.9 Å². The number of hydrogen-bond acceptors (Lipinski definition) is 3. The number of aryl methyl sites for hydroxylation is 2. The van der Waals surface area contributed by atoms with E-state index in [9.17, 15) is 9.59 Å². The first-order chi connectivity index (χ1) is 15.9. The van der Waals surface area contributed by atoms with Crippen molar-refractivity contribution in [2.45, 2.75) is 32.0 Å². The molecule has 6 rings (SSSR count). The summed E-state index contributed by atoms with van der Waals surface area (Å²) in [7, 11) is 0. The lowest BCUT2D eigenvalue weighted by atomic mass is 9.76. The molecule has 4 atom stereocenters. The monoisotopic (exact) mass is 441 g/mol. The number of aromatic nitrogens is 1. The number of nitrogens with zero attached hydrogens (tertiary/aromatic N) is 1. The highest BCUT2D eigenvalue weighted by atomic mass is 16.5. The molecule has 0 saturated carbocycles. The number of carbonyl (C=O) groups is 2. The molecule has 2 N–H and O–H groups in total. The van der Waals surface area contributed by atoms with Gasteiger partial charge >= 0.3 is 0 Å². The molecule has 2 amide bonds. The molecule has 2 bridgehead atoms. The van der Waals surface area contributed by atoms with Gasteiger partial charge in [-0.05, 0) is 49.1 Å². The van der Waals surface area contributed by atoms with Gasteiger partial charge in [0, 0.05) is 29.3 Å². The van der Waals surface area contributed by atoms with Crippen LogP contribution in [0.5, 0.6) is 0 Å². The maximum atomic E-state index is 13.5. The molecule has 1 spiro atoms. The highest BCUT2D eigenvalue weighted by Gasteiger charge is 2.66. The number of ether oxygens (including phenoxy) is 1. The summed E-state index contributed by atoms with van der Waals surface area (Å²) >= 11 is 0. The number of likely N-dealkylation sites (tertiary alicyclic amines) is 1. The standard InChI is InChI=1S/C27H27N3O3/c1-16-7-8-17(2)21(13-16)29-25(31)23-22-9-11-27(33-22)15-30(26(32)24(23)27)12-10-18-14-28-20-6-4-3-5-19(18)20/h3-9,11,13-14,22-24,28H,10,12,15H2,1-2H3,(H,29,31). The van der Waals surface area contributed by atoms with E-state index in [4.69, 9.17) is 4.74 Å². The minimum atomic E-state index is -0.689. The van der Waals surface area contributed by atoms with Crippen molar-refractivity contribution in [2.75, 3.05) is 18.4 Å². The first-order valence-electron chi connectivity index (χ1n) is 11.5. The first-order valence-corrected chi connectivity index (χ1v) is 11.5. The van der Waals surface area contributed by atoms with Gasteiger partial charge in [-0.15, -0.1) is 0 Å². The fourth-order valence-corrected chi connectivity index (χ4v) is 5.75. The minimum Gasteiger partial charge on any atom is -0.361 e. The summed E-state index contributed by atoms with van der Waals surface area (Å²) in [6, 6.07) is 14.2. The van der Waals surface area contributed by atoms with Crippen molar-refractivity contribution in [3.63, 3.8) is 0 Å². The van der Waals surface area contributed by atoms with Crippen molar-refractivity contribution >= 4 is 28.4 Å². The molecule has 3 aliphatic heterocycles. The lowest BCUT2D eigenvalue weighted by Gasteiger charge is -2.24. The predicted octanol–water partition coefficient (Wildman–Crippen LogP) is 3.75. The zero-order chi connectivity index (χ0) is 22.7. The van der Waals surface area contributed by atoms with Crippen LogP contribution >= 0.6 is 0 Å². The van der Waals surface area contributed by atoms with Gasteiger partial charge in [-0.3, -0.25) is 9.59 Å². The van der Waals surface area contributed by atoms with Crippen LogP contribution in [0.2, 0.25) is 0 Å². The number of amides is 2. The number of H-pyrrole nitrogens is 1. The lowest BCUT2D eigenvalue weighted by molar-refractivity contribution is -0.135. The van der Waals surface area contributed by atoms with E-state index in [0.717, 1.165) is 28.8 Å². The molecular formula is C27H27N3O3. The van der Waals surface area contributed by atoms with E-state index in [0.29, 0.717) is 13.1 Å². The highest BCUT2D eigenvalue weighted by Crippen LogP contribution is 2.52. The molecule has 2 saturated heterocycles. The van der Waals surface area contributed by atoms with E-state index in [2.05, 4.69) is 22.4 Å². The molecule has 6 nitrogen and oxygen atoms in total. The number of carbonyl (C=O) groups excluding carboxylic acids is 2. The number of aromatic amines is 1.